The summed E-state index contributed by atoms with van der Waals surface area (Å²) in [5.74, 6) is 0.754. The molecule has 1 nitrogen and oxygen atoms in total. The molecule has 66 valence electrons. The molecular formula is C8H15F2N. The maximum Gasteiger partial charge on any atom is 0.253 e. The average molecular weight is 163 g/mol. The largest absolute Gasteiger partial charge is 0.312 e. The predicted molar refractivity (Wildman–Crippen MR) is 40.8 cm³/mol. The zero-order valence-electron chi connectivity index (χ0n) is 6.82. The fraction of sp³-hybridized carbons (Fsp3) is 1.00. The van der Waals surface area contributed by atoms with E-state index in [1.165, 1.54) is 12.8 Å². The van der Waals surface area contributed by atoms with Crippen molar-refractivity contribution in [3.8, 4) is 0 Å². The minimum atomic E-state index is -2.21. The van der Waals surface area contributed by atoms with Gasteiger partial charge in [-0.05, 0) is 25.8 Å². The number of hydrogen-bond donors (Lipinski definition) is 1. The number of halogens is 2. The van der Waals surface area contributed by atoms with Crippen LogP contribution in [0.25, 0.3) is 0 Å². The van der Waals surface area contributed by atoms with Crippen LogP contribution in [0.2, 0.25) is 0 Å². The molecule has 1 fully saturated rings. The first-order valence-electron chi connectivity index (χ1n) is 4.19. The Balaban J connectivity index is 2.08. The van der Waals surface area contributed by atoms with Crippen LogP contribution < -0.4 is 5.32 Å². The highest BCUT2D eigenvalue weighted by Crippen LogP contribution is 2.34. The molecule has 0 aromatic carbocycles. The van der Waals surface area contributed by atoms with Gasteiger partial charge in [0.1, 0.15) is 0 Å². The van der Waals surface area contributed by atoms with E-state index in [-0.39, 0.29) is 0 Å². The van der Waals surface area contributed by atoms with Crippen LogP contribution in [0.5, 0.6) is 0 Å². The minimum absolute atomic E-state index is 0.587. The Morgan fingerprint density at radius 1 is 1.45 bits per heavy atom. The summed E-state index contributed by atoms with van der Waals surface area (Å²) in [5.41, 5.74) is 0. The van der Waals surface area contributed by atoms with Gasteiger partial charge in [-0.1, -0.05) is 12.8 Å². The van der Waals surface area contributed by atoms with Crippen molar-refractivity contribution in [2.45, 2.75) is 38.2 Å². The van der Waals surface area contributed by atoms with Gasteiger partial charge in [0.25, 0.3) is 6.43 Å². The van der Waals surface area contributed by atoms with Crippen molar-refractivity contribution in [2.24, 2.45) is 5.92 Å². The van der Waals surface area contributed by atoms with Crippen molar-refractivity contribution in [3.05, 3.63) is 0 Å². The molecule has 11 heavy (non-hydrogen) atoms. The summed E-state index contributed by atoms with van der Waals surface area (Å²) in [4.78, 5) is 0. The monoisotopic (exact) mass is 163 g/mol. The second kappa shape index (κ2) is 4.00. The molecule has 0 heterocycles. The van der Waals surface area contributed by atoms with Crippen LogP contribution in [-0.4, -0.2) is 19.5 Å². The van der Waals surface area contributed by atoms with Gasteiger partial charge in [0.2, 0.25) is 0 Å². The van der Waals surface area contributed by atoms with Gasteiger partial charge in [-0.3, -0.25) is 0 Å². The molecule has 1 rings (SSSR count). The van der Waals surface area contributed by atoms with Crippen LogP contribution in [0, 0.1) is 5.92 Å². The first-order valence-corrected chi connectivity index (χ1v) is 4.19. The minimum Gasteiger partial charge on any atom is -0.312 e. The first-order chi connectivity index (χ1) is 5.24. The molecule has 0 spiro atoms. The standard InChI is InChI=1S/C8H15F2N/c1-11-7(8(9)10)5-4-6-2-3-6/h6-8,11H,2-5H2,1H3. The van der Waals surface area contributed by atoms with Crippen LogP contribution in [0.4, 0.5) is 8.78 Å². The number of alkyl halides is 2. The third-order valence-corrected chi connectivity index (χ3v) is 2.26. The quantitative estimate of drug-likeness (QED) is 0.654. The Morgan fingerprint density at radius 2 is 2.09 bits per heavy atom. The van der Waals surface area contributed by atoms with Gasteiger partial charge < -0.3 is 5.32 Å². The fourth-order valence-corrected chi connectivity index (χ4v) is 1.22. The summed E-state index contributed by atoms with van der Waals surface area (Å²) < 4.78 is 24.2. The molecule has 1 saturated carbocycles. The molecule has 1 N–H and O–H groups in total. The molecule has 0 amide bonds. The Labute approximate surface area is 66.2 Å². The Morgan fingerprint density at radius 3 is 2.45 bits per heavy atom. The molecule has 1 aliphatic rings. The van der Waals surface area contributed by atoms with Crippen LogP contribution >= 0.6 is 0 Å². The maximum absolute atomic E-state index is 12.1. The molecule has 0 aliphatic heterocycles. The summed E-state index contributed by atoms with van der Waals surface area (Å²) in [6, 6.07) is -0.587. The van der Waals surface area contributed by atoms with Crippen molar-refractivity contribution >= 4 is 0 Å². The Kier molecular flexibility index (Phi) is 3.24. The van der Waals surface area contributed by atoms with E-state index in [9.17, 15) is 8.78 Å². The summed E-state index contributed by atoms with van der Waals surface area (Å²) in [5, 5.41) is 2.63. The van der Waals surface area contributed by atoms with E-state index in [1.54, 1.807) is 7.05 Å². The zero-order valence-corrected chi connectivity index (χ0v) is 6.82. The summed E-state index contributed by atoms with van der Waals surface area (Å²) >= 11 is 0. The van der Waals surface area contributed by atoms with E-state index in [0.29, 0.717) is 6.42 Å². The smallest absolute Gasteiger partial charge is 0.253 e. The van der Waals surface area contributed by atoms with Crippen molar-refractivity contribution in [1.82, 2.24) is 5.32 Å². The molecule has 1 aliphatic carbocycles. The lowest BCUT2D eigenvalue weighted by Crippen LogP contribution is -2.32. The maximum atomic E-state index is 12.1. The van der Waals surface area contributed by atoms with Crippen molar-refractivity contribution in [2.75, 3.05) is 7.05 Å². The van der Waals surface area contributed by atoms with Gasteiger partial charge in [-0.15, -0.1) is 0 Å². The third kappa shape index (κ3) is 3.14. The van der Waals surface area contributed by atoms with Crippen molar-refractivity contribution < 1.29 is 8.78 Å². The highest BCUT2D eigenvalue weighted by Gasteiger charge is 2.25. The van der Waals surface area contributed by atoms with Crippen LogP contribution in [0.1, 0.15) is 25.7 Å². The first kappa shape index (κ1) is 8.91. The Bertz CT molecular complexity index is 113. The Hall–Kier alpha value is -0.180. The van der Waals surface area contributed by atoms with Gasteiger partial charge in [0.05, 0.1) is 6.04 Å². The zero-order chi connectivity index (χ0) is 8.27. The molecule has 0 saturated heterocycles. The van der Waals surface area contributed by atoms with Gasteiger partial charge in [0.15, 0.2) is 0 Å². The lowest BCUT2D eigenvalue weighted by atomic mass is 10.1. The molecule has 0 aromatic rings. The number of hydrogen-bond acceptors (Lipinski definition) is 1. The van der Waals surface area contributed by atoms with Crippen molar-refractivity contribution in [1.29, 1.82) is 0 Å². The fourth-order valence-electron chi connectivity index (χ4n) is 1.22. The molecule has 0 aromatic heterocycles. The van der Waals surface area contributed by atoms with E-state index in [4.69, 9.17) is 0 Å². The average Bonchev–Trinajstić information content (AvgIpc) is 2.72. The molecule has 0 radical (unpaired) electrons. The molecule has 3 heteroatoms. The highest BCUT2D eigenvalue weighted by molar-refractivity contribution is 4.77. The van der Waals surface area contributed by atoms with Gasteiger partial charge in [0, 0.05) is 0 Å². The second-order valence-electron chi connectivity index (χ2n) is 3.25. The van der Waals surface area contributed by atoms with Crippen molar-refractivity contribution in [3.63, 3.8) is 0 Å². The van der Waals surface area contributed by atoms with E-state index in [0.717, 1.165) is 12.3 Å². The third-order valence-electron chi connectivity index (χ3n) is 2.26. The molecule has 1 unspecified atom stereocenters. The highest BCUT2D eigenvalue weighted by atomic mass is 19.3. The normalized spacial score (nSPS) is 20.7. The molecule has 0 bridgehead atoms. The van der Waals surface area contributed by atoms with Crippen LogP contribution in [-0.2, 0) is 0 Å². The van der Waals surface area contributed by atoms with E-state index < -0.39 is 12.5 Å². The van der Waals surface area contributed by atoms with Gasteiger partial charge in [-0.2, -0.15) is 0 Å². The van der Waals surface area contributed by atoms with Crippen LogP contribution in [0.15, 0.2) is 0 Å². The van der Waals surface area contributed by atoms with E-state index in [1.807, 2.05) is 0 Å². The van der Waals surface area contributed by atoms with E-state index in [2.05, 4.69) is 5.32 Å². The summed E-state index contributed by atoms with van der Waals surface area (Å²) in [6.07, 6.45) is 1.88. The molecular weight excluding hydrogens is 148 g/mol. The predicted octanol–water partition coefficient (Wildman–Crippen LogP) is 2.03. The number of rotatable bonds is 5. The molecule has 1 atom stereocenters. The second-order valence-corrected chi connectivity index (χ2v) is 3.25. The van der Waals surface area contributed by atoms with Gasteiger partial charge >= 0.3 is 0 Å². The number of nitrogens with one attached hydrogen (secondary N) is 1. The SMILES string of the molecule is CNC(CCC1CC1)C(F)F. The van der Waals surface area contributed by atoms with E-state index >= 15 is 0 Å². The summed E-state index contributed by atoms with van der Waals surface area (Å²) in [7, 11) is 1.60. The summed E-state index contributed by atoms with van der Waals surface area (Å²) in [6.45, 7) is 0. The lowest BCUT2D eigenvalue weighted by molar-refractivity contribution is 0.0962. The lowest BCUT2D eigenvalue weighted by Gasteiger charge is -2.13. The topological polar surface area (TPSA) is 12.0 Å². The van der Waals surface area contributed by atoms with Crippen LogP contribution in [0.3, 0.4) is 0 Å². The van der Waals surface area contributed by atoms with Gasteiger partial charge in [-0.25, -0.2) is 8.78 Å².